The molecule has 2 unspecified atom stereocenters. The molecule has 1 N–H and O–H groups in total. The number of anilines is 3. The Morgan fingerprint density at radius 3 is 2.36 bits per heavy atom. The third-order valence-electron chi connectivity index (χ3n) is 9.24. The van der Waals surface area contributed by atoms with Gasteiger partial charge in [-0.3, -0.25) is 4.99 Å². The van der Waals surface area contributed by atoms with Gasteiger partial charge in [-0.1, -0.05) is 141 Å². The predicted molar refractivity (Wildman–Crippen MR) is 204 cm³/mol. The SMILES string of the molecule is C=CC1=NC(CC(=C)N(C)c2ccccc2Nc2c(-c3ccccc3)ccc3ccccc23)C(CCC(=C)/C=C\C)c2ccccc21. The maximum Gasteiger partial charge on any atom is 0.0647 e. The minimum absolute atomic E-state index is 0.0362. The Bertz CT molecular complexity index is 1980. The molecule has 0 aliphatic carbocycles. The Morgan fingerprint density at radius 2 is 1.55 bits per heavy atom. The molecule has 1 aliphatic rings. The molecule has 3 heteroatoms. The highest BCUT2D eigenvalue weighted by atomic mass is 15.1. The van der Waals surface area contributed by atoms with Crippen molar-refractivity contribution >= 4 is 33.5 Å². The van der Waals surface area contributed by atoms with Crippen LogP contribution in [0.5, 0.6) is 0 Å². The number of para-hydroxylation sites is 2. The Kier molecular flexibility index (Phi) is 9.64. The average molecular weight is 614 g/mol. The van der Waals surface area contributed by atoms with Gasteiger partial charge in [-0.15, -0.1) is 0 Å². The maximum absolute atomic E-state index is 5.28. The first kappa shape index (κ1) is 31.6. The van der Waals surface area contributed by atoms with Crippen LogP contribution < -0.4 is 10.2 Å². The largest absolute Gasteiger partial charge is 0.353 e. The van der Waals surface area contributed by atoms with E-state index in [1.165, 1.54) is 27.5 Å². The number of hydrogen-bond donors (Lipinski definition) is 1. The number of nitrogens with one attached hydrogen (secondary N) is 1. The van der Waals surface area contributed by atoms with Crippen LogP contribution in [0.25, 0.3) is 21.9 Å². The molecule has 6 rings (SSSR count). The quantitative estimate of drug-likeness (QED) is 0.142. The first-order valence-electron chi connectivity index (χ1n) is 16.4. The molecule has 3 nitrogen and oxygen atoms in total. The van der Waals surface area contributed by atoms with Gasteiger partial charge in [0, 0.05) is 41.6 Å². The van der Waals surface area contributed by atoms with E-state index >= 15 is 0 Å². The molecule has 0 saturated heterocycles. The summed E-state index contributed by atoms with van der Waals surface area (Å²) in [6.45, 7) is 15.1. The summed E-state index contributed by atoms with van der Waals surface area (Å²) in [6.07, 6.45) is 8.67. The van der Waals surface area contributed by atoms with Gasteiger partial charge in [0.1, 0.15) is 0 Å². The summed E-state index contributed by atoms with van der Waals surface area (Å²) in [5, 5.41) is 6.24. The van der Waals surface area contributed by atoms with E-state index < -0.39 is 0 Å². The van der Waals surface area contributed by atoms with Gasteiger partial charge in [0.25, 0.3) is 0 Å². The summed E-state index contributed by atoms with van der Waals surface area (Å²) < 4.78 is 0. The van der Waals surface area contributed by atoms with Crippen molar-refractivity contribution in [3.63, 3.8) is 0 Å². The molecule has 234 valence electrons. The van der Waals surface area contributed by atoms with E-state index in [0.717, 1.165) is 58.9 Å². The fourth-order valence-electron chi connectivity index (χ4n) is 6.78. The summed E-state index contributed by atoms with van der Waals surface area (Å²) >= 11 is 0. The van der Waals surface area contributed by atoms with E-state index in [-0.39, 0.29) is 12.0 Å². The van der Waals surface area contributed by atoms with Crippen LogP contribution in [0.2, 0.25) is 0 Å². The normalized spacial score (nSPS) is 15.6. The van der Waals surface area contributed by atoms with Crippen molar-refractivity contribution in [1.82, 2.24) is 0 Å². The highest BCUT2D eigenvalue weighted by Gasteiger charge is 2.31. The zero-order valence-electron chi connectivity index (χ0n) is 27.5. The summed E-state index contributed by atoms with van der Waals surface area (Å²) in [5.41, 5.74) is 11.1. The molecule has 0 spiro atoms. The Balaban J connectivity index is 1.32. The zero-order chi connectivity index (χ0) is 32.8. The van der Waals surface area contributed by atoms with Crippen molar-refractivity contribution in [1.29, 1.82) is 0 Å². The molecular formula is C44H43N3. The second-order valence-corrected chi connectivity index (χ2v) is 12.2. The van der Waals surface area contributed by atoms with Crippen molar-refractivity contribution in [3.05, 3.63) is 176 Å². The minimum Gasteiger partial charge on any atom is -0.353 e. The van der Waals surface area contributed by atoms with Gasteiger partial charge in [0.15, 0.2) is 0 Å². The third-order valence-corrected chi connectivity index (χ3v) is 9.24. The van der Waals surface area contributed by atoms with E-state index in [2.05, 4.69) is 164 Å². The number of benzene rings is 5. The number of nitrogens with zero attached hydrogens (tertiary/aromatic N) is 2. The average Bonchev–Trinajstić information content (AvgIpc) is 3.11. The van der Waals surface area contributed by atoms with Crippen molar-refractivity contribution in [2.45, 2.75) is 38.1 Å². The molecule has 47 heavy (non-hydrogen) atoms. The lowest BCUT2D eigenvalue weighted by atomic mass is 9.79. The lowest BCUT2D eigenvalue weighted by Crippen LogP contribution is -2.29. The van der Waals surface area contributed by atoms with Crippen LogP contribution in [-0.4, -0.2) is 18.8 Å². The van der Waals surface area contributed by atoms with E-state index in [1.54, 1.807) is 0 Å². The molecule has 5 aromatic carbocycles. The highest BCUT2D eigenvalue weighted by Crippen LogP contribution is 2.41. The molecule has 2 atom stereocenters. The summed E-state index contributed by atoms with van der Waals surface area (Å²) in [5.74, 6) is 0.250. The van der Waals surface area contributed by atoms with Gasteiger partial charge >= 0.3 is 0 Å². The van der Waals surface area contributed by atoms with Crippen molar-refractivity contribution in [3.8, 4) is 11.1 Å². The minimum atomic E-state index is 0.0362. The Labute approximate surface area is 280 Å². The zero-order valence-corrected chi connectivity index (χ0v) is 27.5. The summed E-state index contributed by atoms with van der Waals surface area (Å²) in [4.78, 5) is 7.50. The van der Waals surface area contributed by atoms with Gasteiger partial charge in [0.2, 0.25) is 0 Å². The molecule has 5 aromatic rings. The van der Waals surface area contributed by atoms with Crippen molar-refractivity contribution in [2.75, 3.05) is 17.3 Å². The molecule has 1 heterocycles. The van der Waals surface area contributed by atoms with Crippen molar-refractivity contribution in [2.24, 2.45) is 4.99 Å². The van der Waals surface area contributed by atoms with E-state index in [9.17, 15) is 0 Å². The summed E-state index contributed by atoms with van der Waals surface area (Å²) in [7, 11) is 2.11. The number of fused-ring (bicyclic) bond motifs is 2. The van der Waals surface area contributed by atoms with Crippen LogP contribution in [-0.2, 0) is 0 Å². The predicted octanol–water partition coefficient (Wildman–Crippen LogP) is 11.6. The number of allylic oxidation sites excluding steroid dienone is 4. The first-order chi connectivity index (χ1) is 23.0. The van der Waals surface area contributed by atoms with Crippen LogP contribution in [0.15, 0.2) is 169 Å². The van der Waals surface area contributed by atoms with E-state index in [0.29, 0.717) is 0 Å². The molecule has 0 radical (unpaired) electrons. The molecule has 0 aromatic heterocycles. The van der Waals surface area contributed by atoms with Crippen LogP contribution in [0, 0.1) is 0 Å². The third kappa shape index (κ3) is 6.76. The topological polar surface area (TPSA) is 27.6 Å². The van der Waals surface area contributed by atoms with E-state index in [1.807, 2.05) is 13.0 Å². The monoisotopic (exact) mass is 613 g/mol. The van der Waals surface area contributed by atoms with Crippen molar-refractivity contribution < 1.29 is 0 Å². The van der Waals surface area contributed by atoms with E-state index in [4.69, 9.17) is 4.99 Å². The standard InChI is InChI=1S/C44H43N3/c1-6-17-31(3)26-28-39-37-22-13-14-23-38(37)40(7-2)45-42(39)30-32(4)47(5)43-25-16-15-24-41(43)46-44-35-21-12-11-20-34(35)27-29-36(44)33-18-9-8-10-19-33/h6-25,27,29,39,42,46H,2-4,26,28,30H2,1,5H3/b17-6-. The molecule has 0 bridgehead atoms. The smallest absolute Gasteiger partial charge is 0.0647 e. The van der Waals surface area contributed by atoms with Gasteiger partial charge in [0.05, 0.1) is 28.8 Å². The highest BCUT2D eigenvalue weighted by molar-refractivity contribution is 6.10. The van der Waals surface area contributed by atoms with Gasteiger partial charge in [-0.2, -0.15) is 0 Å². The first-order valence-corrected chi connectivity index (χ1v) is 16.4. The van der Waals surface area contributed by atoms with Gasteiger partial charge in [-0.25, -0.2) is 0 Å². The molecule has 0 fully saturated rings. The van der Waals surface area contributed by atoms with Gasteiger partial charge < -0.3 is 10.2 Å². The number of aliphatic imine (C=N–C) groups is 1. The molecule has 0 amide bonds. The Hall–Kier alpha value is -5.41. The molecular weight excluding hydrogens is 571 g/mol. The van der Waals surface area contributed by atoms with Crippen LogP contribution in [0.4, 0.5) is 17.1 Å². The van der Waals surface area contributed by atoms with Gasteiger partial charge in [-0.05, 0) is 54.5 Å². The summed E-state index contributed by atoms with van der Waals surface area (Å²) in [6, 6.07) is 40.7. The molecule has 0 saturated carbocycles. The fourth-order valence-corrected chi connectivity index (χ4v) is 6.78. The number of hydrogen-bond acceptors (Lipinski definition) is 3. The second kappa shape index (κ2) is 14.3. The maximum atomic E-state index is 5.28. The van der Waals surface area contributed by atoms with Crippen LogP contribution >= 0.6 is 0 Å². The van der Waals surface area contributed by atoms with Crippen LogP contribution in [0.1, 0.15) is 43.2 Å². The second-order valence-electron chi connectivity index (χ2n) is 12.2. The lowest BCUT2D eigenvalue weighted by molar-refractivity contribution is 0.490. The molecule has 1 aliphatic heterocycles. The Morgan fingerprint density at radius 1 is 0.830 bits per heavy atom. The van der Waals surface area contributed by atoms with Crippen LogP contribution in [0.3, 0.4) is 0 Å². The lowest BCUT2D eigenvalue weighted by Gasteiger charge is -2.34. The number of rotatable bonds is 12. The fraction of sp³-hybridized carbons (Fsp3) is 0.159.